The third-order valence-electron chi connectivity index (χ3n) is 4.09. The number of hydrogen-bond donors (Lipinski definition) is 4. The predicted octanol–water partition coefficient (Wildman–Crippen LogP) is 1.51. The topological polar surface area (TPSA) is 74.5 Å². The molecule has 0 aliphatic carbocycles. The second-order valence-electron chi connectivity index (χ2n) is 5.85. The van der Waals surface area contributed by atoms with Crippen molar-refractivity contribution >= 4 is 17.8 Å². The summed E-state index contributed by atoms with van der Waals surface area (Å²) in [5.41, 5.74) is 7.22. The van der Waals surface area contributed by atoms with Crippen LogP contribution in [0.25, 0.3) is 0 Å². The Morgan fingerprint density at radius 3 is 3.14 bits per heavy atom. The van der Waals surface area contributed by atoms with E-state index in [2.05, 4.69) is 20.9 Å². The Balaban J connectivity index is 1.63. The molecule has 6 heteroatoms. The van der Waals surface area contributed by atoms with Gasteiger partial charge in [0, 0.05) is 23.3 Å². The minimum atomic E-state index is -0.979. The van der Waals surface area contributed by atoms with Gasteiger partial charge < -0.3 is 16.0 Å². The van der Waals surface area contributed by atoms with E-state index in [1.165, 1.54) is 12.8 Å². The zero-order valence-electron chi connectivity index (χ0n) is 12.5. The van der Waals surface area contributed by atoms with Gasteiger partial charge in [-0.2, -0.15) is 0 Å². The highest BCUT2D eigenvalue weighted by Crippen LogP contribution is 2.23. The van der Waals surface area contributed by atoms with Gasteiger partial charge in [-0.25, -0.2) is 4.99 Å². The van der Waals surface area contributed by atoms with Crippen LogP contribution in [0.4, 0.5) is 0 Å². The molecule has 0 bridgehead atoms. The van der Waals surface area contributed by atoms with E-state index < -0.39 is 5.79 Å². The van der Waals surface area contributed by atoms with Gasteiger partial charge in [0.05, 0.1) is 0 Å². The molecular formula is C16H22ClN5. The number of piperidine rings is 1. The zero-order chi connectivity index (χ0) is 15.4. The molecule has 0 radical (unpaired) electrons. The van der Waals surface area contributed by atoms with Crippen LogP contribution in [0.2, 0.25) is 5.02 Å². The lowest BCUT2D eigenvalue weighted by molar-refractivity contribution is 0.345. The first-order chi connectivity index (χ1) is 10.7. The summed E-state index contributed by atoms with van der Waals surface area (Å²) < 4.78 is 0. The molecule has 0 spiro atoms. The van der Waals surface area contributed by atoms with Crippen molar-refractivity contribution in [3.63, 3.8) is 0 Å². The van der Waals surface area contributed by atoms with Crippen molar-refractivity contribution in [2.75, 3.05) is 19.6 Å². The number of nitrogens with zero attached hydrogens (tertiary/aromatic N) is 1. The maximum absolute atomic E-state index is 6.39. The summed E-state index contributed by atoms with van der Waals surface area (Å²) in [5, 5.41) is 10.8. The first-order valence-electron chi connectivity index (χ1n) is 7.69. The third kappa shape index (κ3) is 3.61. The fourth-order valence-corrected chi connectivity index (χ4v) is 3.03. The number of halogens is 1. The van der Waals surface area contributed by atoms with Crippen LogP contribution in [0, 0.1) is 5.92 Å². The molecule has 0 amide bonds. The van der Waals surface area contributed by atoms with Crippen molar-refractivity contribution in [1.29, 1.82) is 0 Å². The van der Waals surface area contributed by atoms with E-state index in [1.807, 2.05) is 30.3 Å². The van der Waals surface area contributed by atoms with Crippen LogP contribution in [0.5, 0.6) is 0 Å². The fraction of sp³-hybridized carbons (Fsp3) is 0.438. The molecule has 2 heterocycles. The van der Waals surface area contributed by atoms with Gasteiger partial charge in [-0.05, 0) is 50.1 Å². The zero-order valence-corrected chi connectivity index (χ0v) is 13.2. The van der Waals surface area contributed by atoms with Crippen LogP contribution in [-0.4, -0.2) is 25.8 Å². The minimum absolute atomic E-state index is 0.647. The number of aliphatic imine (C=N–C) groups is 1. The Morgan fingerprint density at radius 2 is 2.36 bits per heavy atom. The van der Waals surface area contributed by atoms with Crippen LogP contribution in [0.1, 0.15) is 18.4 Å². The van der Waals surface area contributed by atoms with E-state index in [1.54, 1.807) is 6.21 Å². The molecule has 2 aliphatic rings. The second-order valence-corrected chi connectivity index (χ2v) is 6.29. The summed E-state index contributed by atoms with van der Waals surface area (Å²) in [6.07, 6.45) is 6.14. The molecule has 3 rings (SSSR count). The molecule has 5 N–H and O–H groups in total. The van der Waals surface area contributed by atoms with Crippen LogP contribution < -0.4 is 21.7 Å². The maximum atomic E-state index is 6.39. The summed E-state index contributed by atoms with van der Waals surface area (Å²) in [6, 6.07) is 7.46. The lowest BCUT2D eigenvalue weighted by Crippen LogP contribution is -2.53. The lowest BCUT2D eigenvalue weighted by Gasteiger charge is -2.33. The van der Waals surface area contributed by atoms with E-state index >= 15 is 0 Å². The van der Waals surface area contributed by atoms with Gasteiger partial charge in [0.15, 0.2) is 0 Å². The highest BCUT2D eigenvalue weighted by atomic mass is 35.5. The Morgan fingerprint density at radius 1 is 1.45 bits per heavy atom. The van der Waals surface area contributed by atoms with Gasteiger partial charge in [-0.15, -0.1) is 0 Å². The number of rotatable bonds is 4. The molecule has 1 saturated heterocycles. The number of hydrogen-bond acceptors (Lipinski definition) is 5. The maximum Gasteiger partial charge on any atom is 0.210 e. The lowest BCUT2D eigenvalue weighted by atomic mass is 10.00. The van der Waals surface area contributed by atoms with Gasteiger partial charge >= 0.3 is 0 Å². The Bertz CT molecular complexity index is 580. The molecule has 1 aromatic rings. The normalized spacial score (nSPS) is 27.9. The number of allylic oxidation sites excluding steroid dienone is 1. The number of nitrogens with one attached hydrogen (secondary N) is 3. The Kier molecular flexibility index (Phi) is 4.66. The van der Waals surface area contributed by atoms with Crippen molar-refractivity contribution in [2.24, 2.45) is 16.6 Å². The van der Waals surface area contributed by atoms with Crippen molar-refractivity contribution in [1.82, 2.24) is 16.0 Å². The monoisotopic (exact) mass is 319 g/mol. The van der Waals surface area contributed by atoms with Gasteiger partial charge in [0.1, 0.15) is 5.82 Å². The van der Waals surface area contributed by atoms with E-state index in [0.29, 0.717) is 10.9 Å². The summed E-state index contributed by atoms with van der Waals surface area (Å²) in [5.74, 6) is 0.559. The second kappa shape index (κ2) is 6.69. The van der Waals surface area contributed by atoms with Crippen LogP contribution >= 0.6 is 11.6 Å². The molecule has 118 valence electrons. The molecule has 2 unspecified atom stereocenters. The quantitative estimate of drug-likeness (QED) is 0.679. The predicted molar refractivity (Wildman–Crippen MR) is 90.6 cm³/mol. The summed E-state index contributed by atoms with van der Waals surface area (Å²) in [4.78, 5) is 4.37. The molecule has 2 atom stereocenters. The van der Waals surface area contributed by atoms with Crippen molar-refractivity contribution < 1.29 is 0 Å². The van der Waals surface area contributed by atoms with Crippen molar-refractivity contribution in [3.05, 3.63) is 46.7 Å². The SMILES string of the molecule is NC1(c2cccc(Cl)c2)N=CC=C(NCC2CCCNC2)N1. The van der Waals surface area contributed by atoms with Crippen LogP contribution in [-0.2, 0) is 5.79 Å². The number of nitrogens with two attached hydrogens (primary N) is 1. The largest absolute Gasteiger partial charge is 0.371 e. The average Bonchev–Trinajstić information content (AvgIpc) is 2.54. The van der Waals surface area contributed by atoms with E-state index in [4.69, 9.17) is 17.3 Å². The smallest absolute Gasteiger partial charge is 0.210 e. The molecule has 0 saturated carbocycles. The standard InChI is InChI=1S/C16H22ClN5/c17-14-5-1-4-13(9-14)16(18)21-8-6-15(22-16)20-11-12-3-2-7-19-10-12/h1,4-6,8-9,12,19-20,22H,2-3,7,10-11,18H2. The molecule has 22 heavy (non-hydrogen) atoms. The molecule has 1 fully saturated rings. The van der Waals surface area contributed by atoms with Crippen LogP contribution in [0.3, 0.4) is 0 Å². The number of benzene rings is 1. The first-order valence-corrected chi connectivity index (χ1v) is 8.07. The Hall–Kier alpha value is -1.56. The highest BCUT2D eigenvalue weighted by molar-refractivity contribution is 6.30. The third-order valence-corrected chi connectivity index (χ3v) is 4.32. The fourth-order valence-electron chi connectivity index (χ4n) is 2.84. The summed E-state index contributed by atoms with van der Waals surface area (Å²) in [6.45, 7) is 3.12. The van der Waals surface area contributed by atoms with Gasteiger partial charge in [-0.3, -0.25) is 5.73 Å². The van der Waals surface area contributed by atoms with E-state index in [-0.39, 0.29) is 0 Å². The molecule has 2 aliphatic heterocycles. The minimum Gasteiger partial charge on any atom is -0.371 e. The van der Waals surface area contributed by atoms with Crippen LogP contribution in [0.15, 0.2) is 41.2 Å². The van der Waals surface area contributed by atoms with Gasteiger partial charge in [0.2, 0.25) is 5.79 Å². The highest BCUT2D eigenvalue weighted by Gasteiger charge is 2.28. The van der Waals surface area contributed by atoms with E-state index in [9.17, 15) is 0 Å². The average molecular weight is 320 g/mol. The summed E-state index contributed by atoms with van der Waals surface area (Å²) >= 11 is 6.05. The van der Waals surface area contributed by atoms with Crippen molar-refractivity contribution in [2.45, 2.75) is 18.6 Å². The van der Waals surface area contributed by atoms with Crippen molar-refractivity contribution in [3.8, 4) is 0 Å². The first kappa shape index (κ1) is 15.3. The molecule has 5 nitrogen and oxygen atoms in total. The van der Waals surface area contributed by atoms with Gasteiger partial charge in [-0.1, -0.05) is 23.7 Å². The molecule has 1 aromatic carbocycles. The molecular weight excluding hydrogens is 298 g/mol. The van der Waals surface area contributed by atoms with Gasteiger partial charge in [0.25, 0.3) is 0 Å². The Labute approximate surface area is 136 Å². The summed E-state index contributed by atoms with van der Waals surface area (Å²) in [7, 11) is 0. The van der Waals surface area contributed by atoms with E-state index in [0.717, 1.165) is 31.0 Å². The molecule has 0 aromatic heterocycles.